The molecular formula is C14H9BrClN3O3S. The lowest BCUT2D eigenvalue weighted by Crippen LogP contribution is -2.34. The maximum Gasteiger partial charge on any atom is 0.282 e. The molecule has 1 amide bonds. The monoisotopic (exact) mass is 413 g/mol. The summed E-state index contributed by atoms with van der Waals surface area (Å²) in [5.41, 5.74) is 0.209. The zero-order valence-electron chi connectivity index (χ0n) is 11.4. The van der Waals surface area contributed by atoms with E-state index in [1.54, 1.807) is 18.2 Å². The molecule has 9 heteroatoms. The Hall–Kier alpha value is -2.03. The predicted molar refractivity (Wildman–Crippen MR) is 95.9 cm³/mol. The summed E-state index contributed by atoms with van der Waals surface area (Å²) in [5, 5.41) is 16.6. The summed E-state index contributed by atoms with van der Waals surface area (Å²) >= 11 is 14.3. The highest BCUT2D eigenvalue weighted by molar-refractivity contribution is 9.10. The van der Waals surface area contributed by atoms with Gasteiger partial charge in [-0.3, -0.25) is 20.2 Å². The second kappa shape index (κ2) is 7.49. The van der Waals surface area contributed by atoms with Crippen LogP contribution in [-0.4, -0.2) is 15.9 Å². The van der Waals surface area contributed by atoms with E-state index in [0.717, 1.165) is 4.47 Å². The van der Waals surface area contributed by atoms with Crippen LogP contribution in [0.4, 0.5) is 11.4 Å². The Morgan fingerprint density at radius 3 is 2.61 bits per heavy atom. The SMILES string of the molecule is O=C(NC(=S)Nc1ccc(Br)c(Cl)c1)c1ccccc1[N+](=O)[O-]. The van der Waals surface area contributed by atoms with Crippen LogP contribution in [0.25, 0.3) is 0 Å². The van der Waals surface area contributed by atoms with Crippen molar-refractivity contribution in [1.82, 2.24) is 5.32 Å². The van der Waals surface area contributed by atoms with Crippen LogP contribution in [0.5, 0.6) is 0 Å². The number of carbonyl (C=O) groups is 1. The number of thiocarbonyl (C=S) groups is 1. The van der Waals surface area contributed by atoms with Crippen LogP contribution in [0.3, 0.4) is 0 Å². The number of nitro benzene ring substituents is 1. The first kappa shape index (κ1) is 17.3. The van der Waals surface area contributed by atoms with Gasteiger partial charge in [0.05, 0.1) is 9.95 Å². The third kappa shape index (κ3) is 4.47. The first-order valence-electron chi connectivity index (χ1n) is 6.19. The molecule has 118 valence electrons. The predicted octanol–water partition coefficient (Wildman–Crippen LogP) is 4.14. The smallest absolute Gasteiger partial charge is 0.282 e. The van der Waals surface area contributed by atoms with Crippen molar-refractivity contribution in [2.75, 3.05) is 5.32 Å². The Labute approximate surface area is 150 Å². The molecule has 2 aromatic carbocycles. The van der Waals surface area contributed by atoms with Crippen LogP contribution >= 0.6 is 39.7 Å². The topological polar surface area (TPSA) is 84.3 Å². The first-order chi connectivity index (χ1) is 10.9. The van der Waals surface area contributed by atoms with Crippen LogP contribution in [0, 0.1) is 10.1 Å². The van der Waals surface area contributed by atoms with Crippen molar-refractivity contribution in [2.24, 2.45) is 0 Å². The van der Waals surface area contributed by atoms with E-state index in [9.17, 15) is 14.9 Å². The number of carbonyl (C=O) groups excluding carboxylic acids is 1. The summed E-state index contributed by atoms with van der Waals surface area (Å²) < 4.78 is 0.722. The molecular weight excluding hydrogens is 406 g/mol. The minimum atomic E-state index is -0.669. The summed E-state index contributed by atoms with van der Waals surface area (Å²) in [7, 11) is 0. The van der Waals surface area contributed by atoms with Crippen molar-refractivity contribution in [1.29, 1.82) is 0 Å². The number of nitrogens with one attached hydrogen (secondary N) is 2. The molecule has 0 saturated carbocycles. The van der Waals surface area contributed by atoms with Crippen molar-refractivity contribution in [3.63, 3.8) is 0 Å². The number of halogens is 2. The first-order valence-corrected chi connectivity index (χ1v) is 7.77. The highest BCUT2D eigenvalue weighted by Crippen LogP contribution is 2.25. The third-order valence-corrected chi connectivity index (χ3v) is 4.19. The number of hydrogen-bond donors (Lipinski definition) is 2. The van der Waals surface area contributed by atoms with E-state index in [2.05, 4.69) is 26.6 Å². The van der Waals surface area contributed by atoms with Crippen molar-refractivity contribution >= 4 is 62.1 Å². The van der Waals surface area contributed by atoms with Crippen LogP contribution in [0.15, 0.2) is 46.9 Å². The number of nitro groups is 1. The summed E-state index contributed by atoms with van der Waals surface area (Å²) in [6.45, 7) is 0. The normalized spacial score (nSPS) is 10.0. The van der Waals surface area contributed by atoms with Crippen molar-refractivity contribution < 1.29 is 9.72 Å². The van der Waals surface area contributed by atoms with Gasteiger partial charge >= 0.3 is 0 Å². The molecule has 2 aromatic rings. The fourth-order valence-corrected chi connectivity index (χ4v) is 2.37. The van der Waals surface area contributed by atoms with Gasteiger partial charge in [0.25, 0.3) is 11.6 Å². The molecule has 6 nitrogen and oxygen atoms in total. The molecule has 2 rings (SSSR count). The summed E-state index contributed by atoms with van der Waals surface area (Å²) in [6, 6.07) is 10.7. The van der Waals surface area contributed by atoms with E-state index in [0.29, 0.717) is 10.7 Å². The minimum absolute atomic E-state index is 0.00606. The maximum absolute atomic E-state index is 12.1. The number of nitrogens with zero attached hydrogens (tertiary/aromatic N) is 1. The van der Waals surface area contributed by atoms with E-state index in [4.69, 9.17) is 23.8 Å². The zero-order chi connectivity index (χ0) is 17.0. The lowest BCUT2D eigenvalue weighted by Gasteiger charge is -2.10. The van der Waals surface area contributed by atoms with E-state index in [1.807, 2.05) is 0 Å². The number of benzene rings is 2. The van der Waals surface area contributed by atoms with Gasteiger partial charge in [-0.1, -0.05) is 23.7 Å². The average molecular weight is 415 g/mol. The maximum atomic E-state index is 12.1. The molecule has 0 fully saturated rings. The van der Waals surface area contributed by atoms with Gasteiger partial charge in [0.2, 0.25) is 0 Å². The lowest BCUT2D eigenvalue weighted by molar-refractivity contribution is -0.385. The molecule has 0 aliphatic carbocycles. The minimum Gasteiger partial charge on any atom is -0.332 e. The highest BCUT2D eigenvalue weighted by Gasteiger charge is 2.19. The van der Waals surface area contributed by atoms with Gasteiger partial charge in [-0.25, -0.2) is 0 Å². The Kier molecular flexibility index (Phi) is 5.64. The molecule has 0 aliphatic heterocycles. The average Bonchev–Trinajstić information content (AvgIpc) is 2.50. The number of para-hydroxylation sites is 1. The molecule has 0 radical (unpaired) electrons. The Morgan fingerprint density at radius 1 is 1.26 bits per heavy atom. The molecule has 0 heterocycles. The molecule has 0 aromatic heterocycles. The highest BCUT2D eigenvalue weighted by atomic mass is 79.9. The molecule has 0 unspecified atom stereocenters. The Morgan fingerprint density at radius 2 is 1.96 bits per heavy atom. The largest absolute Gasteiger partial charge is 0.332 e. The Balaban J connectivity index is 2.10. The molecule has 2 N–H and O–H groups in total. The lowest BCUT2D eigenvalue weighted by atomic mass is 10.1. The molecule has 0 spiro atoms. The number of rotatable bonds is 3. The second-order valence-corrected chi connectivity index (χ2v) is 5.98. The van der Waals surface area contributed by atoms with Crippen LogP contribution in [0.2, 0.25) is 5.02 Å². The van der Waals surface area contributed by atoms with E-state index in [-0.39, 0.29) is 16.4 Å². The quantitative estimate of drug-likeness (QED) is 0.448. The van der Waals surface area contributed by atoms with Gasteiger partial charge in [0, 0.05) is 16.2 Å². The van der Waals surface area contributed by atoms with Gasteiger partial charge in [-0.15, -0.1) is 0 Å². The molecule has 0 saturated heterocycles. The van der Waals surface area contributed by atoms with Crippen molar-refractivity contribution in [3.05, 3.63) is 67.6 Å². The van der Waals surface area contributed by atoms with E-state index < -0.39 is 10.8 Å². The summed E-state index contributed by atoms with van der Waals surface area (Å²) in [4.78, 5) is 22.4. The molecule has 0 aliphatic rings. The van der Waals surface area contributed by atoms with Gasteiger partial charge in [0.15, 0.2) is 5.11 Å². The summed E-state index contributed by atoms with van der Waals surface area (Å²) in [6.07, 6.45) is 0. The van der Waals surface area contributed by atoms with E-state index >= 15 is 0 Å². The van der Waals surface area contributed by atoms with Gasteiger partial charge in [0.1, 0.15) is 5.56 Å². The fraction of sp³-hybridized carbons (Fsp3) is 0. The van der Waals surface area contributed by atoms with Crippen LogP contribution in [0.1, 0.15) is 10.4 Å². The van der Waals surface area contributed by atoms with E-state index in [1.165, 1.54) is 24.3 Å². The van der Waals surface area contributed by atoms with Gasteiger partial charge in [-0.2, -0.15) is 0 Å². The Bertz CT molecular complexity index is 801. The second-order valence-electron chi connectivity index (χ2n) is 4.31. The zero-order valence-corrected chi connectivity index (χ0v) is 14.5. The van der Waals surface area contributed by atoms with Crippen LogP contribution < -0.4 is 10.6 Å². The third-order valence-electron chi connectivity index (χ3n) is 2.75. The molecule has 0 bridgehead atoms. The van der Waals surface area contributed by atoms with Crippen LogP contribution in [-0.2, 0) is 0 Å². The van der Waals surface area contributed by atoms with Gasteiger partial charge < -0.3 is 5.32 Å². The number of anilines is 1. The standard InChI is InChI=1S/C14H9BrClN3O3S/c15-10-6-5-8(7-11(10)16)17-14(23)18-13(20)9-3-1-2-4-12(9)19(21)22/h1-7H,(H2,17,18,20,23). The van der Waals surface area contributed by atoms with Crippen molar-refractivity contribution in [3.8, 4) is 0 Å². The summed E-state index contributed by atoms with van der Waals surface area (Å²) in [5.74, 6) is -0.669. The molecule has 23 heavy (non-hydrogen) atoms. The van der Waals surface area contributed by atoms with Gasteiger partial charge in [-0.05, 0) is 52.4 Å². The van der Waals surface area contributed by atoms with Crippen molar-refractivity contribution in [2.45, 2.75) is 0 Å². The number of hydrogen-bond acceptors (Lipinski definition) is 4. The fourth-order valence-electron chi connectivity index (χ4n) is 1.73. The number of amides is 1. The molecule has 0 atom stereocenters.